The third-order valence-electron chi connectivity index (χ3n) is 7.31. The molecule has 9 nitrogen and oxygen atoms in total. The number of carbonyl (C=O) groups excluding carboxylic acids is 2. The molecule has 2 amide bonds. The number of benzene rings is 1. The van der Waals surface area contributed by atoms with Crippen LogP contribution in [0.15, 0.2) is 67.1 Å². The van der Waals surface area contributed by atoms with Crippen LogP contribution in [0.25, 0.3) is 0 Å². The fraction of sp³-hybridized carbons (Fsp3) is 0.400. The van der Waals surface area contributed by atoms with E-state index < -0.39 is 6.09 Å². The van der Waals surface area contributed by atoms with Crippen LogP contribution in [0, 0.1) is 5.92 Å². The van der Waals surface area contributed by atoms with E-state index in [2.05, 4.69) is 38.1 Å². The first-order valence-electron chi connectivity index (χ1n) is 13.7. The van der Waals surface area contributed by atoms with E-state index in [1.165, 1.54) is 24.6 Å². The summed E-state index contributed by atoms with van der Waals surface area (Å²) in [4.78, 5) is 40.2. The molecule has 3 aromatic rings. The average Bonchev–Trinajstić information content (AvgIpc) is 2.95. The molecule has 4 heterocycles. The zero-order valence-electron chi connectivity index (χ0n) is 22.5. The Hall–Kier alpha value is -3.82. The van der Waals surface area contributed by atoms with Crippen LogP contribution in [-0.2, 0) is 13.1 Å². The topological polar surface area (TPSA) is 90.9 Å². The van der Waals surface area contributed by atoms with Gasteiger partial charge in [0, 0.05) is 69.8 Å². The molecular weight excluding hydrogens is 492 g/mol. The van der Waals surface area contributed by atoms with Crippen LogP contribution in [0.1, 0.15) is 41.3 Å². The molecule has 2 fully saturated rings. The predicted molar refractivity (Wildman–Crippen MR) is 149 cm³/mol. The number of rotatable bonds is 7. The van der Waals surface area contributed by atoms with Crippen molar-refractivity contribution >= 4 is 17.7 Å². The normalized spacial score (nSPS) is 18.5. The SMILES string of the molecule is CC1CCCN(Cc2ccc(C(=O)Nc3ccc(OC(=O)N4CCN(Cc5cccnc5)CC4)nc3)cc2)C1. The number of piperazine rings is 1. The molecule has 2 aliphatic rings. The second-order valence-electron chi connectivity index (χ2n) is 10.5. The molecule has 5 rings (SSSR count). The highest BCUT2D eigenvalue weighted by atomic mass is 16.6. The first-order chi connectivity index (χ1) is 19.0. The van der Waals surface area contributed by atoms with Crippen molar-refractivity contribution in [1.29, 1.82) is 0 Å². The Kier molecular flexibility index (Phi) is 8.80. The van der Waals surface area contributed by atoms with E-state index in [9.17, 15) is 9.59 Å². The predicted octanol–water partition coefficient (Wildman–Crippen LogP) is 4.28. The monoisotopic (exact) mass is 528 g/mol. The number of ether oxygens (including phenoxy) is 1. The van der Waals surface area contributed by atoms with Gasteiger partial charge in [-0.05, 0) is 60.7 Å². The van der Waals surface area contributed by atoms with Crippen molar-refractivity contribution in [2.45, 2.75) is 32.9 Å². The van der Waals surface area contributed by atoms with E-state index in [0.29, 0.717) is 24.3 Å². The van der Waals surface area contributed by atoms with Crippen LogP contribution in [0.5, 0.6) is 5.88 Å². The van der Waals surface area contributed by atoms with Crippen molar-refractivity contribution in [1.82, 2.24) is 24.7 Å². The zero-order chi connectivity index (χ0) is 27.0. The molecule has 1 N–H and O–H groups in total. The summed E-state index contributed by atoms with van der Waals surface area (Å²) in [6, 6.07) is 15.0. The Morgan fingerprint density at radius 3 is 2.41 bits per heavy atom. The van der Waals surface area contributed by atoms with Gasteiger partial charge in [0.05, 0.1) is 11.9 Å². The number of anilines is 1. The molecule has 0 spiro atoms. The first-order valence-corrected chi connectivity index (χ1v) is 13.7. The second-order valence-corrected chi connectivity index (χ2v) is 10.5. The minimum absolute atomic E-state index is 0.201. The van der Waals surface area contributed by atoms with Gasteiger partial charge in [-0.1, -0.05) is 25.1 Å². The Morgan fingerprint density at radius 1 is 0.923 bits per heavy atom. The molecule has 9 heteroatoms. The highest BCUT2D eigenvalue weighted by molar-refractivity contribution is 6.04. The van der Waals surface area contributed by atoms with E-state index in [4.69, 9.17) is 4.74 Å². The standard InChI is InChI=1S/C30H36N6O3/c1-23-4-3-13-35(20-23)21-24-6-8-26(9-7-24)29(37)33-27-10-11-28(32-19-27)39-30(38)36-16-14-34(15-17-36)22-25-5-2-12-31-18-25/h2,5-12,18-19,23H,3-4,13-17,20-22H2,1H3,(H,33,37). The molecule has 0 saturated carbocycles. The Labute approximate surface area is 229 Å². The molecule has 39 heavy (non-hydrogen) atoms. The van der Waals surface area contributed by atoms with Gasteiger partial charge in [-0.2, -0.15) is 0 Å². The number of hydrogen-bond acceptors (Lipinski definition) is 7. The van der Waals surface area contributed by atoms with Gasteiger partial charge >= 0.3 is 6.09 Å². The minimum atomic E-state index is -0.417. The summed E-state index contributed by atoms with van der Waals surface area (Å²) in [5.74, 6) is 0.738. The van der Waals surface area contributed by atoms with Gasteiger partial charge < -0.3 is 15.0 Å². The van der Waals surface area contributed by atoms with Crippen LogP contribution >= 0.6 is 0 Å². The van der Waals surface area contributed by atoms with Gasteiger partial charge in [0.2, 0.25) is 5.88 Å². The van der Waals surface area contributed by atoms with Crippen molar-refractivity contribution in [2.75, 3.05) is 44.6 Å². The third-order valence-corrected chi connectivity index (χ3v) is 7.31. The summed E-state index contributed by atoms with van der Waals surface area (Å²) in [5.41, 5.74) is 3.49. The number of piperidine rings is 1. The van der Waals surface area contributed by atoms with Gasteiger partial charge in [-0.15, -0.1) is 0 Å². The molecule has 2 aromatic heterocycles. The molecule has 2 saturated heterocycles. The summed E-state index contributed by atoms with van der Waals surface area (Å²) in [5, 5.41) is 2.86. The van der Waals surface area contributed by atoms with Crippen molar-refractivity contribution in [3.8, 4) is 5.88 Å². The highest BCUT2D eigenvalue weighted by Crippen LogP contribution is 2.19. The summed E-state index contributed by atoms with van der Waals surface area (Å²) < 4.78 is 5.46. The number of hydrogen-bond donors (Lipinski definition) is 1. The lowest BCUT2D eigenvalue weighted by atomic mass is 9.99. The van der Waals surface area contributed by atoms with Gasteiger partial charge in [0.25, 0.3) is 5.91 Å². The lowest BCUT2D eigenvalue weighted by Gasteiger charge is -2.33. The average molecular weight is 529 g/mol. The number of amides is 2. The maximum absolute atomic E-state index is 12.7. The molecule has 0 aliphatic carbocycles. The maximum Gasteiger partial charge on any atom is 0.416 e. The Balaban J connectivity index is 1.06. The largest absolute Gasteiger partial charge is 0.416 e. The molecular formula is C30H36N6O3. The van der Waals surface area contributed by atoms with E-state index in [0.717, 1.165) is 50.7 Å². The Morgan fingerprint density at radius 2 is 1.72 bits per heavy atom. The van der Waals surface area contributed by atoms with E-state index in [1.54, 1.807) is 23.2 Å². The summed E-state index contributed by atoms with van der Waals surface area (Å²) in [6.45, 7) is 9.00. The quantitative estimate of drug-likeness (QED) is 0.490. The van der Waals surface area contributed by atoms with E-state index in [-0.39, 0.29) is 11.8 Å². The third kappa shape index (κ3) is 7.61. The maximum atomic E-state index is 12.7. The number of pyridine rings is 2. The molecule has 2 aliphatic heterocycles. The van der Waals surface area contributed by atoms with Crippen molar-refractivity contribution < 1.29 is 14.3 Å². The van der Waals surface area contributed by atoms with Crippen molar-refractivity contribution in [3.05, 3.63) is 83.8 Å². The van der Waals surface area contributed by atoms with Gasteiger partial charge in [-0.25, -0.2) is 9.78 Å². The molecule has 1 unspecified atom stereocenters. The van der Waals surface area contributed by atoms with Crippen molar-refractivity contribution in [2.24, 2.45) is 5.92 Å². The smallest absolute Gasteiger partial charge is 0.391 e. The molecule has 0 bridgehead atoms. The molecule has 1 atom stereocenters. The number of nitrogens with zero attached hydrogens (tertiary/aromatic N) is 5. The van der Waals surface area contributed by atoms with Crippen LogP contribution in [0.2, 0.25) is 0 Å². The van der Waals surface area contributed by atoms with Crippen LogP contribution in [0.4, 0.5) is 10.5 Å². The lowest BCUT2D eigenvalue weighted by molar-refractivity contribution is 0.102. The number of carbonyl (C=O) groups is 2. The van der Waals surface area contributed by atoms with Crippen molar-refractivity contribution in [3.63, 3.8) is 0 Å². The van der Waals surface area contributed by atoms with Crippen LogP contribution in [-0.4, -0.2) is 75.9 Å². The molecule has 204 valence electrons. The first kappa shape index (κ1) is 26.8. The summed E-state index contributed by atoms with van der Waals surface area (Å²) in [6.07, 6.45) is 7.27. The second kappa shape index (κ2) is 12.8. The van der Waals surface area contributed by atoms with Gasteiger partial charge in [0.15, 0.2) is 0 Å². The molecule has 0 radical (unpaired) electrons. The highest BCUT2D eigenvalue weighted by Gasteiger charge is 2.23. The van der Waals surface area contributed by atoms with Gasteiger partial charge in [0.1, 0.15) is 0 Å². The number of aromatic nitrogens is 2. The van der Waals surface area contributed by atoms with Crippen LogP contribution in [0.3, 0.4) is 0 Å². The fourth-order valence-electron chi connectivity index (χ4n) is 5.16. The summed E-state index contributed by atoms with van der Waals surface area (Å²) in [7, 11) is 0. The van der Waals surface area contributed by atoms with E-state index in [1.807, 2.05) is 36.5 Å². The zero-order valence-corrected chi connectivity index (χ0v) is 22.5. The number of nitrogens with one attached hydrogen (secondary N) is 1. The minimum Gasteiger partial charge on any atom is -0.391 e. The van der Waals surface area contributed by atoms with Crippen LogP contribution < -0.4 is 10.1 Å². The lowest BCUT2D eigenvalue weighted by Crippen LogP contribution is -2.49. The Bertz CT molecular complexity index is 1230. The summed E-state index contributed by atoms with van der Waals surface area (Å²) >= 11 is 0. The van der Waals surface area contributed by atoms with Gasteiger partial charge in [-0.3, -0.25) is 19.6 Å². The fourth-order valence-corrected chi connectivity index (χ4v) is 5.16. The molecule has 1 aromatic carbocycles. The number of likely N-dealkylation sites (tertiary alicyclic amines) is 1. The van der Waals surface area contributed by atoms with E-state index >= 15 is 0 Å².